The van der Waals surface area contributed by atoms with Gasteiger partial charge in [-0.05, 0) is 31.7 Å². The van der Waals surface area contributed by atoms with Crippen molar-refractivity contribution in [2.24, 2.45) is 0 Å². The number of hydrogen-bond acceptors (Lipinski definition) is 2. The second-order valence-electron chi connectivity index (χ2n) is 4.99. The molecule has 2 aliphatic carbocycles. The van der Waals surface area contributed by atoms with E-state index in [1.807, 2.05) is 0 Å². The van der Waals surface area contributed by atoms with Gasteiger partial charge in [-0.25, -0.2) is 4.79 Å². The molecule has 0 spiro atoms. The van der Waals surface area contributed by atoms with Crippen LogP contribution < -0.4 is 0 Å². The predicted molar refractivity (Wildman–Crippen MR) is 58.9 cm³/mol. The van der Waals surface area contributed by atoms with Crippen LogP contribution in [0.25, 0.3) is 0 Å². The average Bonchev–Trinajstić information content (AvgIpc) is 2.83. The summed E-state index contributed by atoms with van der Waals surface area (Å²) in [5.41, 5.74) is 0.407. The Labute approximate surface area is 94.5 Å². The van der Waals surface area contributed by atoms with Gasteiger partial charge in [-0.2, -0.15) is 0 Å². The minimum Gasteiger partial charge on any atom is -0.478 e. The third-order valence-corrected chi connectivity index (χ3v) is 3.72. The summed E-state index contributed by atoms with van der Waals surface area (Å²) in [6, 6.07) is 1.77. The van der Waals surface area contributed by atoms with Gasteiger partial charge in [0.05, 0.1) is 0 Å². The van der Waals surface area contributed by atoms with Gasteiger partial charge in [0.2, 0.25) is 0 Å². The van der Waals surface area contributed by atoms with Gasteiger partial charge in [0.1, 0.15) is 17.1 Å². The molecule has 0 unspecified atom stereocenters. The molecule has 3 heteroatoms. The summed E-state index contributed by atoms with van der Waals surface area (Å²) in [4.78, 5) is 11.1. The summed E-state index contributed by atoms with van der Waals surface area (Å²) in [6.45, 7) is 0. The van der Waals surface area contributed by atoms with Gasteiger partial charge in [-0.15, -0.1) is 0 Å². The van der Waals surface area contributed by atoms with Crippen molar-refractivity contribution in [3.8, 4) is 0 Å². The normalized spacial score (nSPS) is 21.5. The van der Waals surface area contributed by atoms with Crippen LogP contribution in [0.4, 0.5) is 0 Å². The summed E-state index contributed by atoms with van der Waals surface area (Å²) in [7, 11) is 0. The summed E-state index contributed by atoms with van der Waals surface area (Å²) in [5.74, 6) is 1.65. The largest absolute Gasteiger partial charge is 0.478 e. The molecular weight excluding hydrogens is 204 g/mol. The van der Waals surface area contributed by atoms with E-state index in [4.69, 9.17) is 9.52 Å². The van der Waals surface area contributed by atoms with Crippen LogP contribution in [0.15, 0.2) is 10.5 Å². The molecule has 0 bridgehead atoms. The van der Waals surface area contributed by atoms with Crippen molar-refractivity contribution in [1.29, 1.82) is 0 Å². The maximum Gasteiger partial charge on any atom is 0.339 e. The van der Waals surface area contributed by atoms with Crippen LogP contribution in [-0.2, 0) is 0 Å². The summed E-state index contributed by atoms with van der Waals surface area (Å²) in [5, 5.41) is 9.14. The zero-order valence-corrected chi connectivity index (χ0v) is 9.24. The van der Waals surface area contributed by atoms with E-state index < -0.39 is 5.97 Å². The van der Waals surface area contributed by atoms with Gasteiger partial charge in [0.25, 0.3) is 0 Å². The average molecular weight is 220 g/mol. The van der Waals surface area contributed by atoms with Gasteiger partial charge in [0.15, 0.2) is 0 Å². The van der Waals surface area contributed by atoms with E-state index in [-0.39, 0.29) is 0 Å². The molecule has 0 radical (unpaired) electrons. The molecule has 16 heavy (non-hydrogen) atoms. The highest BCUT2D eigenvalue weighted by molar-refractivity contribution is 5.89. The van der Waals surface area contributed by atoms with Crippen molar-refractivity contribution in [3.63, 3.8) is 0 Å². The zero-order chi connectivity index (χ0) is 11.1. The molecule has 2 saturated carbocycles. The van der Waals surface area contributed by atoms with Gasteiger partial charge < -0.3 is 9.52 Å². The zero-order valence-electron chi connectivity index (χ0n) is 9.24. The van der Waals surface area contributed by atoms with Crippen molar-refractivity contribution in [2.45, 2.75) is 50.4 Å². The van der Waals surface area contributed by atoms with Crippen molar-refractivity contribution in [1.82, 2.24) is 0 Å². The highest BCUT2D eigenvalue weighted by Crippen LogP contribution is 2.45. The topological polar surface area (TPSA) is 50.4 Å². The fourth-order valence-electron chi connectivity index (χ4n) is 2.65. The SMILES string of the molecule is O=C(O)c1cc(C2CCCC2)oc1C1CC1. The lowest BCUT2D eigenvalue weighted by molar-refractivity contribution is 0.0694. The third kappa shape index (κ3) is 1.64. The fraction of sp³-hybridized carbons (Fsp3) is 0.615. The predicted octanol–water partition coefficient (Wildman–Crippen LogP) is 3.51. The molecule has 0 atom stereocenters. The Bertz CT molecular complexity index is 409. The molecule has 2 fully saturated rings. The van der Waals surface area contributed by atoms with Crippen molar-refractivity contribution < 1.29 is 14.3 Å². The number of rotatable bonds is 3. The van der Waals surface area contributed by atoms with Gasteiger partial charge in [-0.3, -0.25) is 0 Å². The maximum absolute atomic E-state index is 11.1. The van der Waals surface area contributed by atoms with Crippen LogP contribution in [0.2, 0.25) is 0 Å². The molecule has 0 aromatic carbocycles. The van der Waals surface area contributed by atoms with Gasteiger partial charge in [-0.1, -0.05) is 12.8 Å². The Morgan fingerprint density at radius 1 is 1.19 bits per heavy atom. The number of carbonyl (C=O) groups is 1. The minimum atomic E-state index is -0.838. The molecule has 1 aromatic heterocycles. The van der Waals surface area contributed by atoms with E-state index >= 15 is 0 Å². The summed E-state index contributed by atoms with van der Waals surface area (Å²) < 4.78 is 5.80. The molecule has 0 saturated heterocycles. The molecule has 0 aliphatic heterocycles. The van der Waals surface area contributed by atoms with Crippen molar-refractivity contribution in [2.75, 3.05) is 0 Å². The number of aromatic carboxylic acids is 1. The standard InChI is InChI=1S/C13H16O3/c14-13(15)10-7-11(8-3-1-2-4-8)16-12(10)9-5-6-9/h7-9H,1-6H2,(H,14,15). The van der Waals surface area contributed by atoms with Gasteiger partial charge in [0, 0.05) is 11.8 Å². The molecule has 1 heterocycles. The van der Waals surface area contributed by atoms with E-state index in [1.165, 1.54) is 12.8 Å². The van der Waals surface area contributed by atoms with E-state index in [1.54, 1.807) is 6.07 Å². The molecule has 3 nitrogen and oxygen atoms in total. The Morgan fingerprint density at radius 3 is 2.44 bits per heavy atom. The molecular formula is C13H16O3. The lowest BCUT2D eigenvalue weighted by atomic mass is 10.0. The maximum atomic E-state index is 11.1. The first-order chi connectivity index (χ1) is 7.75. The van der Waals surface area contributed by atoms with E-state index in [2.05, 4.69) is 0 Å². The smallest absolute Gasteiger partial charge is 0.339 e. The van der Waals surface area contributed by atoms with Crippen LogP contribution in [-0.4, -0.2) is 11.1 Å². The molecule has 86 valence electrons. The fourth-order valence-corrected chi connectivity index (χ4v) is 2.65. The van der Waals surface area contributed by atoms with Crippen molar-refractivity contribution in [3.05, 3.63) is 23.2 Å². The monoisotopic (exact) mass is 220 g/mol. The van der Waals surface area contributed by atoms with Crippen LogP contribution in [0.3, 0.4) is 0 Å². The van der Waals surface area contributed by atoms with E-state index in [0.29, 0.717) is 17.4 Å². The molecule has 2 aliphatic rings. The summed E-state index contributed by atoms with van der Waals surface area (Å²) in [6.07, 6.45) is 6.95. The van der Waals surface area contributed by atoms with Crippen molar-refractivity contribution >= 4 is 5.97 Å². The van der Waals surface area contributed by atoms with Gasteiger partial charge >= 0.3 is 5.97 Å². The first kappa shape index (κ1) is 9.94. The first-order valence-corrected chi connectivity index (χ1v) is 6.12. The Kier molecular flexibility index (Phi) is 2.27. The van der Waals surface area contributed by atoms with Crippen LogP contribution >= 0.6 is 0 Å². The molecule has 1 N–H and O–H groups in total. The van der Waals surface area contributed by atoms with E-state index in [0.717, 1.165) is 37.2 Å². The second-order valence-corrected chi connectivity index (χ2v) is 4.99. The second kappa shape index (κ2) is 3.65. The first-order valence-electron chi connectivity index (χ1n) is 6.12. The number of carboxylic acids is 1. The third-order valence-electron chi connectivity index (χ3n) is 3.72. The Balaban J connectivity index is 1.94. The quantitative estimate of drug-likeness (QED) is 0.847. The summed E-state index contributed by atoms with van der Waals surface area (Å²) >= 11 is 0. The highest BCUT2D eigenvalue weighted by Gasteiger charge is 2.34. The Hall–Kier alpha value is -1.25. The molecule has 3 rings (SSSR count). The highest BCUT2D eigenvalue weighted by atomic mass is 16.4. The number of hydrogen-bond donors (Lipinski definition) is 1. The lowest BCUT2D eigenvalue weighted by Gasteiger charge is -2.03. The lowest BCUT2D eigenvalue weighted by Crippen LogP contribution is -1.97. The van der Waals surface area contributed by atoms with Crippen LogP contribution in [0.5, 0.6) is 0 Å². The molecule has 0 amide bonds. The van der Waals surface area contributed by atoms with E-state index in [9.17, 15) is 4.79 Å². The number of furan rings is 1. The van der Waals surface area contributed by atoms with Crippen LogP contribution in [0.1, 0.15) is 72.2 Å². The number of carboxylic acid groups (broad SMARTS) is 1. The van der Waals surface area contributed by atoms with Crippen LogP contribution in [0, 0.1) is 0 Å². The molecule has 1 aromatic rings. The minimum absolute atomic E-state index is 0.376. The Morgan fingerprint density at radius 2 is 1.88 bits per heavy atom.